The van der Waals surface area contributed by atoms with Gasteiger partial charge in [0, 0.05) is 49.3 Å². The van der Waals surface area contributed by atoms with E-state index in [9.17, 15) is 4.79 Å². The lowest BCUT2D eigenvalue weighted by Gasteiger charge is -2.40. The van der Waals surface area contributed by atoms with Gasteiger partial charge in [0.2, 0.25) is 5.91 Å². The third kappa shape index (κ3) is 2.35. The van der Waals surface area contributed by atoms with E-state index in [2.05, 4.69) is 46.4 Å². The molecule has 2 aliphatic heterocycles. The van der Waals surface area contributed by atoms with Crippen LogP contribution in [0.2, 0.25) is 0 Å². The van der Waals surface area contributed by atoms with Crippen molar-refractivity contribution in [1.82, 2.24) is 14.7 Å². The van der Waals surface area contributed by atoms with Gasteiger partial charge < -0.3 is 4.90 Å². The number of rotatable bonds is 1. The lowest BCUT2D eigenvalue weighted by atomic mass is 9.74. The summed E-state index contributed by atoms with van der Waals surface area (Å²) in [4.78, 5) is 15.1. The molecule has 1 amide bonds. The Labute approximate surface area is 148 Å². The quantitative estimate of drug-likeness (QED) is 0.804. The van der Waals surface area contributed by atoms with Crippen molar-refractivity contribution in [3.63, 3.8) is 0 Å². The average molecular weight is 333 g/mol. The highest BCUT2D eigenvalue weighted by Crippen LogP contribution is 2.43. The number of piperidine rings is 1. The molecule has 1 aromatic carbocycles. The average Bonchev–Trinajstić information content (AvgIpc) is 3.27. The van der Waals surface area contributed by atoms with Crippen molar-refractivity contribution in [2.75, 3.05) is 13.1 Å². The molecule has 25 heavy (non-hydrogen) atoms. The number of hydrogen-bond acceptors (Lipinski definition) is 2. The first kappa shape index (κ1) is 14.9. The zero-order valence-electron chi connectivity index (χ0n) is 14.4. The van der Waals surface area contributed by atoms with Crippen LogP contribution in [0.25, 0.3) is 6.08 Å². The van der Waals surface area contributed by atoms with Crippen LogP contribution in [0.1, 0.15) is 36.1 Å². The van der Waals surface area contributed by atoms with Gasteiger partial charge in [0.1, 0.15) is 0 Å². The molecular formula is C21H23N3O. The number of nitrogens with zero attached hydrogens (tertiary/aromatic N) is 3. The fraction of sp³-hybridized carbons (Fsp3) is 0.429. The van der Waals surface area contributed by atoms with E-state index in [-0.39, 0.29) is 11.3 Å². The van der Waals surface area contributed by atoms with Gasteiger partial charge in [-0.05, 0) is 36.5 Å². The Balaban J connectivity index is 1.28. The normalized spacial score (nSPS) is 23.5. The van der Waals surface area contributed by atoms with Crippen LogP contribution >= 0.6 is 0 Å². The zero-order valence-corrected chi connectivity index (χ0v) is 14.4. The highest BCUT2D eigenvalue weighted by atomic mass is 16.2. The second kappa shape index (κ2) is 5.58. The number of aryl methyl sites for hydroxylation is 1. The predicted octanol–water partition coefficient (Wildman–Crippen LogP) is 3.03. The van der Waals surface area contributed by atoms with Gasteiger partial charge >= 0.3 is 0 Å². The Kier molecular flexibility index (Phi) is 3.34. The summed E-state index contributed by atoms with van der Waals surface area (Å²) in [5.41, 5.74) is 4.15. The van der Waals surface area contributed by atoms with E-state index in [1.165, 1.54) is 16.8 Å². The molecule has 2 aromatic rings. The number of hydrogen-bond donors (Lipinski definition) is 0. The Morgan fingerprint density at radius 2 is 1.96 bits per heavy atom. The monoisotopic (exact) mass is 333 g/mol. The van der Waals surface area contributed by atoms with Crippen molar-refractivity contribution in [2.45, 2.75) is 37.6 Å². The van der Waals surface area contributed by atoms with E-state index >= 15 is 0 Å². The molecule has 1 aromatic heterocycles. The van der Waals surface area contributed by atoms with E-state index in [1.54, 1.807) is 0 Å². The topological polar surface area (TPSA) is 38.1 Å². The molecule has 0 N–H and O–H groups in total. The van der Waals surface area contributed by atoms with Gasteiger partial charge in [-0.15, -0.1) is 0 Å². The second-order valence-corrected chi connectivity index (χ2v) is 7.64. The molecule has 0 saturated carbocycles. The van der Waals surface area contributed by atoms with Crippen LogP contribution in [0.15, 0.2) is 42.6 Å². The smallest absolute Gasteiger partial charge is 0.226 e. The molecule has 0 radical (unpaired) electrons. The van der Waals surface area contributed by atoms with Crippen LogP contribution in [-0.4, -0.2) is 33.7 Å². The molecule has 4 nitrogen and oxygen atoms in total. The van der Waals surface area contributed by atoms with E-state index in [4.69, 9.17) is 0 Å². The highest BCUT2D eigenvalue weighted by molar-refractivity contribution is 5.79. The summed E-state index contributed by atoms with van der Waals surface area (Å²) in [6.07, 6.45) is 10.3. The van der Waals surface area contributed by atoms with Crippen molar-refractivity contribution in [1.29, 1.82) is 0 Å². The van der Waals surface area contributed by atoms with Gasteiger partial charge in [-0.25, -0.2) is 0 Å². The zero-order chi connectivity index (χ0) is 16.9. The van der Waals surface area contributed by atoms with Crippen LogP contribution in [0.3, 0.4) is 0 Å². The van der Waals surface area contributed by atoms with Crippen LogP contribution < -0.4 is 0 Å². The lowest BCUT2D eigenvalue weighted by Crippen LogP contribution is -2.47. The molecule has 3 aliphatic rings. The van der Waals surface area contributed by atoms with Gasteiger partial charge in [-0.2, -0.15) is 5.10 Å². The summed E-state index contributed by atoms with van der Waals surface area (Å²) < 4.78 is 2.04. The van der Waals surface area contributed by atoms with Crippen LogP contribution in [0, 0.1) is 5.92 Å². The van der Waals surface area contributed by atoms with Crippen LogP contribution in [0.4, 0.5) is 0 Å². The summed E-state index contributed by atoms with van der Waals surface area (Å²) >= 11 is 0. The Morgan fingerprint density at radius 3 is 2.84 bits per heavy atom. The Morgan fingerprint density at radius 1 is 1.12 bits per heavy atom. The minimum absolute atomic E-state index is 0.129. The number of carbonyl (C=O) groups excluding carboxylic acids is 1. The van der Waals surface area contributed by atoms with Gasteiger partial charge in [0.05, 0.1) is 0 Å². The maximum atomic E-state index is 13.0. The van der Waals surface area contributed by atoms with Crippen LogP contribution in [-0.2, 0) is 23.2 Å². The SMILES string of the molecule is O=C(C1CCn2nccc2C1)N1CCC2(C=Cc3ccccc32)CC1. The maximum absolute atomic E-state index is 13.0. The molecule has 0 bridgehead atoms. The van der Waals surface area contributed by atoms with E-state index in [0.29, 0.717) is 5.91 Å². The van der Waals surface area contributed by atoms with E-state index in [0.717, 1.165) is 45.3 Å². The van der Waals surface area contributed by atoms with Crippen molar-refractivity contribution in [2.24, 2.45) is 5.92 Å². The van der Waals surface area contributed by atoms with Gasteiger partial charge in [0.25, 0.3) is 0 Å². The minimum Gasteiger partial charge on any atom is -0.342 e. The standard InChI is InChI=1S/C21H23N3O/c25-20(17-7-12-24-18(15-17)6-11-22-24)23-13-9-21(10-14-23)8-5-16-3-1-2-4-19(16)21/h1-6,8,11,17H,7,9-10,12-15H2. The van der Waals surface area contributed by atoms with Gasteiger partial charge in [-0.1, -0.05) is 36.4 Å². The number of benzene rings is 1. The van der Waals surface area contributed by atoms with Gasteiger partial charge in [0.15, 0.2) is 0 Å². The first-order chi connectivity index (χ1) is 12.3. The Bertz CT molecular complexity index is 842. The third-order valence-electron chi connectivity index (χ3n) is 6.35. The molecule has 1 saturated heterocycles. The van der Waals surface area contributed by atoms with Crippen molar-refractivity contribution in [3.8, 4) is 0 Å². The molecule has 128 valence electrons. The summed E-state index contributed by atoms with van der Waals surface area (Å²) in [7, 11) is 0. The number of allylic oxidation sites excluding steroid dienone is 1. The van der Waals surface area contributed by atoms with Gasteiger partial charge in [-0.3, -0.25) is 9.48 Å². The molecule has 1 atom stereocenters. The van der Waals surface area contributed by atoms with Crippen molar-refractivity contribution >= 4 is 12.0 Å². The Hall–Kier alpha value is -2.36. The second-order valence-electron chi connectivity index (χ2n) is 7.64. The summed E-state index contributed by atoms with van der Waals surface area (Å²) in [5, 5.41) is 4.32. The predicted molar refractivity (Wildman–Crippen MR) is 97.0 cm³/mol. The maximum Gasteiger partial charge on any atom is 0.226 e. The first-order valence-corrected chi connectivity index (χ1v) is 9.33. The molecule has 1 unspecified atom stereocenters. The third-order valence-corrected chi connectivity index (χ3v) is 6.35. The number of likely N-dealkylation sites (tertiary alicyclic amines) is 1. The fourth-order valence-electron chi connectivity index (χ4n) is 4.83. The highest BCUT2D eigenvalue weighted by Gasteiger charge is 2.40. The van der Waals surface area contributed by atoms with Crippen molar-refractivity contribution < 1.29 is 4.79 Å². The largest absolute Gasteiger partial charge is 0.342 e. The summed E-state index contributed by atoms with van der Waals surface area (Å²) in [5.74, 6) is 0.474. The van der Waals surface area contributed by atoms with E-state index < -0.39 is 0 Å². The molecular weight excluding hydrogens is 310 g/mol. The van der Waals surface area contributed by atoms with Crippen LogP contribution in [0.5, 0.6) is 0 Å². The fourth-order valence-corrected chi connectivity index (χ4v) is 4.83. The molecule has 1 aliphatic carbocycles. The first-order valence-electron chi connectivity index (χ1n) is 9.33. The summed E-state index contributed by atoms with van der Waals surface area (Å²) in [6.45, 7) is 2.60. The number of amides is 1. The molecule has 1 fully saturated rings. The number of carbonyl (C=O) groups is 1. The van der Waals surface area contributed by atoms with Crippen molar-refractivity contribution in [3.05, 3.63) is 59.4 Å². The summed E-state index contributed by atoms with van der Waals surface area (Å²) in [6, 6.07) is 10.7. The molecule has 1 spiro atoms. The molecule has 4 heteroatoms. The number of fused-ring (bicyclic) bond motifs is 3. The minimum atomic E-state index is 0.129. The molecule has 3 heterocycles. The lowest BCUT2D eigenvalue weighted by molar-refractivity contribution is -0.137. The van der Waals surface area contributed by atoms with E-state index in [1.807, 2.05) is 16.9 Å². The number of aromatic nitrogens is 2. The molecule has 5 rings (SSSR count).